The molecule has 120 valence electrons. The Morgan fingerprint density at radius 3 is 2.43 bits per heavy atom. The number of nitro groups is 1. The van der Waals surface area contributed by atoms with E-state index in [-0.39, 0.29) is 11.6 Å². The summed E-state index contributed by atoms with van der Waals surface area (Å²) in [5.74, 6) is -0.102. The minimum atomic E-state index is -0.524. The minimum Gasteiger partial charge on any atom is -0.325 e. The number of nitro benzene ring substituents is 1. The number of nitrogens with zero attached hydrogens (tertiary/aromatic N) is 1. The molecule has 2 aromatic rings. The fourth-order valence-corrected chi connectivity index (χ4v) is 2.11. The van der Waals surface area contributed by atoms with E-state index in [4.69, 9.17) is 0 Å². The van der Waals surface area contributed by atoms with Gasteiger partial charge in [-0.05, 0) is 24.1 Å². The number of hydrogen-bond donors (Lipinski definition) is 1. The van der Waals surface area contributed by atoms with Gasteiger partial charge in [0.05, 0.1) is 4.92 Å². The molecule has 1 amide bonds. The topological polar surface area (TPSA) is 72.2 Å². The smallest absolute Gasteiger partial charge is 0.270 e. The van der Waals surface area contributed by atoms with E-state index in [9.17, 15) is 14.9 Å². The standard InChI is InChI=1S/C18H20N2O3/c1-12-8-9-15(13-6-5-7-14(11-13)20(22)23)16(10-12)19-17(21)18(2,3)4/h5-11H,1-4H3,(H,19,21). The van der Waals surface area contributed by atoms with Crippen molar-refractivity contribution in [1.82, 2.24) is 0 Å². The van der Waals surface area contributed by atoms with E-state index < -0.39 is 10.3 Å². The second kappa shape index (κ2) is 6.20. The molecule has 0 aliphatic rings. The Balaban J connectivity index is 2.49. The van der Waals surface area contributed by atoms with Gasteiger partial charge in [-0.2, -0.15) is 0 Å². The molecule has 5 nitrogen and oxygen atoms in total. The van der Waals surface area contributed by atoms with Crippen molar-refractivity contribution in [3.63, 3.8) is 0 Å². The van der Waals surface area contributed by atoms with E-state index in [1.807, 2.05) is 45.9 Å². The van der Waals surface area contributed by atoms with E-state index in [2.05, 4.69) is 5.32 Å². The van der Waals surface area contributed by atoms with Crippen LogP contribution in [0.4, 0.5) is 11.4 Å². The molecule has 0 aromatic heterocycles. The molecule has 1 N–H and O–H groups in total. The second-order valence-corrected chi connectivity index (χ2v) is 6.56. The van der Waals surface area contributed by atoms with Crippen LogP contribution in [0.3, 0.4) is 0 Å². The lowest BCUT2D eigenvalue weighted by Crippen LogP contribution is -2.27. The maximum Gasteiger partial charge on any atom is 0.270 e. The van der Waals surface area contributed by atoms with Crippen molar-refractivity contribution in [2.75, 3.05) is 5.32 Å². The molecule has 0 spiro atoms. The molecule has 2 rings (SSSR count). The van der Waals surface area contributed by atoms with Gasteiger partial charge in [0.25, 0.3) is 5.69 Å². The zero-order valence-electron chi connectivity index (χ0n) is 13.7. The lowest BCUT2D eigenvalue weighted by molar-refractivity contribution is -0.384. The van der Waals surface area contributed by atoms with Gasteiger partial charge in [-0.1, -0.05) is 45.0 Å². The third-order valence-corrected chi connectivity index (χ3v) is 3.47. The fraction of sp³-hybridized carbons (Fsp3) is 0.278. The maximum atomic E-state index is 12.3. The monoisotopic (exact) mass is 312 g/mol. The van der Waals surface area contributed by atoms with Crippen LogP contribution in [0, 0.1) is 22.5 Å². The van der Waals surface area contributed by atoms with Gasteiger partial charge in [0.2, 0.25) is 5.91 Å². The van der Waals surface area contributed by atoms with E-state index >= 15 is 0 Å². The van der Waals surface area contributed by atoms with Crippen molar-refractivity contribution in [3.05, 3.63) is 58.1 Å². The Hall–Kier alpha value is -2.69. The summed E-state index contributed by atoms with van der Waals surface area (Å²) in [5, 5.41) is 13.9. The maximum absolute atomic E-state index is 12.3. The largest absolute Gasteiger partial charge is 0.325 e. The molecule has 2 aromatic carbocycles. The van der Waals surface area contributed by atoms with Crippen molar-refractivity contribution in [3.8, 4) is 11.1 Å². The predicted molar refractivity (Wildman–Crippen MR) is 91.4 cm³/mol. The summed E-state index contributed by atoms with van der Waals surface area (Å²) in [4.78, 5) is 22.8. The van der Waals surface area contributed by atoms with E-state index in [1.165, 1.54) is 12.1 Å². The molecule has 0 heterocycles. The molecule has 0 aliphatic heterocycles. The van der Waals surface area contributed by atoms with Crippen LogP contribution in [0.2, 0.25) is 0 Å². The number of rotatable bonds is 3. The average Bonchev–Trinajstić information content (AvgIpc) is 2.46. The molecule has 0 saturated heterocycles. The predicted octanol–water partition coefficient (Wildman–Crippen LogP) is 4.55. The summed E-state index contributed by atoms with van der Waals surface area (Å²) in [6.45, 7) is 7.45. The number of non-ortho nitro benzene ring substituents is 1. The van der Waals surface area contributed by atoms with E-state index in [1.54, 1.807) is 12.1 Å². The van der Waals surface area contributed by atoms with Gasteiger partial charge in [0.15, 0.2) is 0 Å². The van der Waals surface area contributed by atoms with Crippen molar-refractivity contribution in [1.29, 1.82) is 0 Å². The highest BCUT2D eigenvalue weighted by Crippen LogP contribution is 2.32. The summed E-state index contributed by atoms with van der Waals surface area (Å²) in [5.41, 5.74) is 2.62. The fourth-order valence-electron chi connectivity index (χ4n) is 2.11. The van der Waals surface area contributed by atoms with Crippen LogP contribution in [0.5, 0.6) is 0 Å². The van der Waals surface area contributed by atoms with Gasteiger partial charge >= 0.3 is 0 Å². The van der Waals surface area contributed by atoms with Crippen molar-refractivity contribution < 1.29 is 9.72 Å². The zero-order valence-corrected chi connectivity index (χ0v) is 13.7. The van der Waals surface area contributed by atoms with Gasteiger partial charge < -0.3 is 5.32 Å². The highest BCUT2D eigenvalue weighted by atomic mass is 16.6. The number of amides is 1. The normalized spacial score (nSPS) is 11.1. The molecule has 0 aliphatic carbocycles. The van der Waals surface area contributed by atoms with Crippen LogP contribution < -0.4 is 5.32 Å². The summed E-state index contributed by atoms with van der Waals surface area (Å²) < 4.78 is 0. The Kier molecular flexibility index (Phi) is 4.50. The van der Waals surface area contributed by atoms with Crippen LogP contribution in [0.25, 0.3) is 11.1 Å². The number of hydrogen-bond acceptors (Lipinski definition) is 3. The highest BCUT2D eigenvalue weighted by Gasteiger charge is 2.22. The van der Waals surface area contributed by atoms with Crippen LogP contribution in [-0.2, 0) is 4.79 Å². The molecule has 5 heteroatoms. The number of anilines is 1. The summed E-state index contributed by atoms with van der Waals surface area (Å²) >= 11 is 0. The van der Waals surface area contributed by atoms with Crippen molar-refractivity contribution >= 4 is 17.3 Å². The van der Waals surface area contributed by atoms with E-state index in [0.717, 1.165) is 11.1 Å². The molecular formula is C18H20N2O3. The molecule has 0 saturated carbocycles. The van der Waals surface area contributed by atoms with Crippen LogP contribution in [0.1, 0.15) is 26.3 Å². The van der Waals surface area contributed by atoms with Crippen molar-refractivity contribution in [2.24, 2.45) is 5.41 Å². The van der Waals surface area contributed by atoms with E-state index in [0.29, 0.717) is 11.3 Å². The van der Waals surface area contributed by atoms with Crippen LogP contribution in [0.15, 0.2) is 42.5 Å². The number of carbonyl (C=O) groups is 1. The lowest BCUT2D eigenvalue weighted by Gasteiger charge is -2.20. The SMILES string of the molecule is Cc1ccc(-c2cccc([N+](=O)[O-])c2)c(NC(=O)C(C)(C)C)c1. The first-order valence-electron chi connectivity index (χ1n) is 7.35. The number of nitrogens with one attached hydrogen (secondary N) is 1. The zero-order chi connectivity index (χ0) is 17.2. The lowest BCUT2D eigenvalue weighted by atomic mass is 9.94. The van der Waals surface area contributed by atoms with Gasteiger partial charge in [0, 0.05) is 28.8 Å². The third-order valence-electron chi connectivity index (χ3n) is 3.47. The molecule has 0 fully saturated rings. The molecule has 0 bridgehead atoms. The first kappa shape index (κ1) is 16.7. The van der Waals surface area contributed by atoms with Gasteiger partial charge in [-0.3, -0.25) is 14.9 Å². The average molecular weight is 312 g/mol. The quantitative estimate of drug-likeness (QED) is 0.667. The summed E-state index contributed by atoms with van der Waals surface area (Å²) in [6, 6.07) is 12.1. The molecule has 23 heavy (non-hydrogen) atoms. The summed E-state index contributed by atoms with van der Waals surface area (Å²) in [7, 11) is 0. The molecule has 0 radical (unpaired) electrons. The van der Waals surface area contributed by atoms with Gasteiger partial charge in [0.1, 0.15) is 0 Å². The van der Waals surface area contributed by atoms with Crippen LogP contribution >= 0.6 is 0 Å². The Morgan fingerprint density at radius 2 is 1.83 bits per heavy atom. The third kappa shape index (κ3) is 3.94. The summed E-state index contributed by atoms with van der Waals surface area (Å²) in [6.07, 6.45) is 0. The first-order chi connectivity index (χ1) is 10.7. The second-order valence-electron chi connectivity index (χ2n) is 6.56. The van der Waals surface area contributed by atoms with Crippen molar-refractivity contribution in [2.45, 2.75) is 27.7 Å². The minimum absolute atomic E-state index is 0.0242. The highest BCUT2D eigenvalue weighted by molar-refractivity contribution is 5.98. The van der Waals surface area contributed by atoms with Gasteiger partial charge in [-0.15, -0.1) is 0 Å². The first-order valence-corrected chi connectivity index (χ1v) is 7.35. The Morgan fingerprint density at radius 1 is 1.13 bits per heavy atom. The Labute approximate surface area is 135 Å². The molecule has 0 unspecified atom stereocenters. The number of aryl methyl sites for hydroxylation is 1. The molecule has 0 atom stereocenters. The van der Waals surface area contributed by atoms with Gasteiger partial charge in [-0.25, -0.2) is 0 Å². The molecular weight excluding hydrogens is 292 g/mol. The van der Waals surface area contributed by atoms with Crippen LogP contribution in [-0.4, -0.2) is 10.8 Å². The number of benzene rings is 2. The number of carbonyl (C=O) groups excluding carboxylic acids is 1. The Bertz CT molecular complexity index is 761.